The van der Waals surface area contributed by atoms with E-state index in [1.54, 1.807) is 12.1 Å². The van der Waals surface area contributed by atoms with Crippen molar-refractivity contribution in [3.63, 3.8) is 0 Å². The third kappa shape index (κ3) is 2.72. The molecule has 0 bridgehead atoms. The Hall–Kier alpha value is -2.27. The molecule has 0 aliphatic carbocycles. The number of hydrogen-bond donors (Lipinski definition) is 1. The SMILES string of the molecule is O=c1[c]cc2cc(-c3ccc(C(F)(F)F)cc3)c(Cl)cc2[nH]1. The van der Waals surface area contributed by atoms with Gasteiger partial charge in [0.2, 0.25) is 0 Å². The molecule has 1 N–H and O–H groups in total. The molecule has 0 aliphatic rings. The van der Waals surface area contributed by atoms with Crippen molar-refractivity contribution in [3.8, 4) is 11.1 Å². The summed E-state index contributed by atoms with van der Waals surface area (Å²) in [5.41, 5.74) is 0.607. The van der Waals surface area contributed by atoms with Crippen LogP contribution in [0.5, 0.6) is 0 Å². The van der Waals surface area contributed by atoms with Crippen LogP contribution in [0.2, 0.25) is 5.02 Å². The fourth-order valence-electron chi connectivity index (χ4n) is 2.18. The van der Waals surface area contributed by atoms with Gasteiger partial charge in [-0.1, -0.05) is 23.7 Å². The summed E-state index contributed by atoms with van der Waals surface area (Å²) in [7, 11) is 0. The van der Waals surface area contributed by atoms with Gasteiger partial charge in [0.1, 0.15) is 0 Å². The van der Waals surface area contributed by atoms with Crippen LogP contribution in [-0.2, 0) is 6.18 Å². The molecule has 0 amide bonds. The van der Waals surface area contributed by atoms with Gasteiger partial charge in [0.15, 0.2) is 0 Å². The van der Waals surface area contributed by atoms with E-state index in [1.165, 1.54) is 18.2 Å². The second kappa shape index (κ2) is 5.18. The summed E-state index contributed by atoms with van der Waals surface area (Å²) in [6.07, 6.45) is -4.37. The van der Waals surface area contributed by atoms with Crippen molar-refractivity contribution in [1.29, 1.82) is 0 Å². The molecule has 1 heterocycles. The third-order valence-electron chi connectivity index (χ3n) is 3.27. The average molecular weight is 323 g/mol. The minimum Gasteiger partial charge on any atom is -0.321 e. The molecule has 3 rings (SSSR count). The van der Waals surface area contributed by atoms with E-state index in [-0.39, 0.29) is 5.56 Å². The predicted molar refractivity (Wildman–Crippen MR) is 78.9 cm³/mol. The van der Waals surface area contributed by atoms with Gasteiger partial charge in [0, 0.05) is 11.1 Å². The van der Waals surface area contributed by atoms with E-state index in [9.17, 15) is 18.0 Å². The van der Waals surface area contributed by atoms with Gasteiger partial charge in [0.05, 0.1) is 16.7 Å². The third-order valence-corrected chi connectivity index (χ3v) is 3.58. The molecule has 0 fully saturated rings. The van der Waals surface area contributed by atoms with Gasteiger partial charge >= 0.3 is 6.18 Å². The number of alkyl halides is 3. The summed E-state index contributed by atoms with van der Waals surface area (Å²) in [5.74, 6) is 0. The molecule has 2 nitrogen and oxygen atoms in total. The first kappa shape index (κ1) is 14.7. The number of hydrogen-bond acceptors (Lipinski definition) is 1. The van der Waals surface area contributed by atoms with Crippen molar-refractivity contribution in [2.75, 3.05) is 0 Å². The normalized spacial score (nSPS) is 11.8. The number of pyridine rings is 1. The van der Waals surface area contributed by atoms with E-state index in [1.807, 2.05) is 0 Å². The second-order valence-electron chi connectivity index (χ2n) is 4.74. The topological polar surface area (TPSA) is 32.9 Å². The van der Waals surface area contributed by atoms with E-state index in [0.29, 0.717) is 27.1 Å². The number of aromatic amines is 1. The van der Waals surface area contributed by atoms with Crippen LogP contribution in [0, 0.1) is 6.07 Å². The van der Waals surface area contributed by atoms with Gasteiger partial charge in [-0.3, -0.25) is 4.79 Å². The van der Waals surface area contributed by atoms with Crippen LogP contribution in [0.25, 0.3) is 22.0 Å². The lowest BCUT2D eigenvalue weighted by molar-refractivity contribution is -0.137. The van der Waals surface area contributed by atoms with Crippen LogP contribution >= 0.6 is 11.6 Å². The number of rotatable bonds is 1. The summed E-state index contributed by atoms with van der Waals surface area (Å²) in [5, 5.41) is 1.04. The smallest absolute Gasteiger partial charge is 0.321 e. The Morgan fingerprint density at radius 2 is 1.77 bits per heavy atom. The lowest BCUT2D eigenvalue weighted by Crippen LogP contribution is -2.04. The summed E-state index contributed by atoms with van der Waals surface area (Å²) in [6, 6.07) is 12.0. The zero-order chi connectivity index (χ0) is 15.9. The molecular formula is C16H8ClF3NO. The number of H-pyrrole nitrogens is 1. The molecule has 1 radical (unpaired) electrons. The van der Waals surface area contributed by atoms with Crippen molar-refractivity contribution in [2.24, 2.45) is 0 Å². The van der Waals surface area contributed by atoms with Gasteiger partial charge in [-0.25, -0.2) is 0 Å². The highest BCUT2D eigenvalue weighted by molar-refractivity contribution is 6.34. The molecule has 0 spiro atoms. The standard InChI is InChI=1S/C16H8ClF3NO/c17-13-8-14-10(3-6-15(22)21-14)7-12(13)9-1-4-11(5-2-9)16(18,19)20/h1-5,7-8H,(H,21,22). The van der Waals surface area contributed by atoms with Crippen LogP contribution in [0.3, 0.4) is 0 Å². The summed E-state index contributed by atoms with van der Waals surface area (Å²) >= 11 is 6.17. The highest BCUT2D eigenvalue weighted by Crippen LogP contribution is 2.34. The van der Waals surface area contributed by atoms with E-state index in [2.05, 4.69) is 11.1 Å². The Kier molecular flexibility index (Phi) is 3.45. The van der Waals surface area contributed by atoms with Crippen LogP contribution in [0.4, 0.5) is 13.2 Å². The van der Waals surface area contributed by atoms with Crippen molar-refractivity contribution in [1.82, 2.24) is 4.98 Å². The molecule has 1 aromatic heterocycles. The largest absolute Gasteiger partial charge is 0.416 e. The number of halogens is 4. The predicted octanol–water partition coefficient (Wildman–Crippen LogP) is 4.67. The maximum Gasteiger partial charge on any atom is 0.416 e. The Labute approximate surface area is 128 Å². The molecule has 0 unspecified atom stereocenters. The lowest BCUT2D eigenvalue weighted by atomic mass is 10.0. The molecule has 3 aromatic rings. The fraction of sp³-hybridized carbons (Fsp3) is 0.0625. The maximum atomic E-state index is 12.6. The Bertz CT molecular complexity index is 898. The molecule has 22 heavy (non-hydrogen) atoms. The van der Waals surface area contributed by atoms with E-state index in [4.69, 9.17) is 11.6 Å². The minimum atomic E-state index is -4.37. The molecule has 6 heteroatoms. The van der Waals surface area contributed by atoms with Crippen LogP contribution in [-0.4, -0.2) is 4.98 Å². The number of fused-ring (bicyclic) bond motifs is 1. The monoisotopic (exact) mass is 322 g/mol. The molecule has 0 saturated carbocycles. The maximum absolute atomic E-state index is 12.6. The molecule has 0 saturated heterocycles. The fourth-order valence-corrected chi connectivity index (χ4v) is 2.45. The van der Waals surface area contributed by atoms with Crippen molar-refractivity contribution in [3.05, 3.63) is 69.5 Å². The molecule has 2 aromatic carbocycles. The number of aromatic nitrogens is 1. The summed E-state index contributed by atoms with van der Waals surface area (Å²) in [4.78, 5) is 13.8. The first-order valence-electron chi connectivity index (χ1n) is 6.26. The van der Waals surface area contributed by atoms with Crippen LogP contribution < -0.4 is 5.56 Å². The van der Waals surface area contributed by atoms with Gasteiger partial charge in [-0.2, -0.15) is 13.2 Å². The summed E-state index contributed by atoms with van der Waals surface area (Å²) < 4.78 is 37.8. The second-order valence-corrected chi connectivity index (χ2v) is 5.14. The van der Waals surface area contributed by atoms with E-state index in [0.717, 1.165) is 12.1 Å². The number of nitrogens with one attached hydrogen (secondary N) is 1. The van der Waals surface area contributed by atoms with E-state index >= 15 is 0 Å². The molecule has 0 atom stereocenters. The van der Waals surface area contributed by atoms with Gasteiger partial charge in [-0.15, -0.1) is 0 Å². The highest BCUT2D eigenvalue weighted by Gasteiger charge is 2.30. The van der Waals surface area contributed by atoms with Crippen molar-refractivity contribution in [2.45, 2.75) is 6.18 Å². The Morgan fingerprint density at radius 1 is 1.09 bits per heavy atom. The first-order valence-corrected chi connectivity index (χ1v) is 6.64. The Balaban J connectivity index is 2.11. The minimum absolute atomic E-state index is 0.342. The van der Waals surface area contributed by atoms with Crippen LogP contribution in [0.15, 0.2) is 47.3 Å². The van der Waals surface area contributed by atoms with Gasteiger partial charge < -0.3 is 4.98 Å². The highest BCUT2D eigenvalue weighted by atomic mass is 35.5. The average Bonchev–Trinajstić information content (AvgIpc) is 2.45. The van der Waals surface area contributed by atoms with Gasteiger partial charge in [-0.05, 0) is 41.3 Å². The van der Waals surface area contributed by atoms with Crippen molar-refractivity contribution >= 4 is 22.5 Å². The molecular weight excluding hydrogens is 315 g/mol. The van der Waals surface area contributed by atoms with E-state index < -0.39 is 11.7 Å². The zero-order valence-corrected chi connectivity index (χ0v) is 11.7. The van der Waals surface area contributed by atoms with Crippen LogP contribution in [0.1, 0.15) is 5.56 Å². The van der Waals surface area contributed by atoms with Crippen molar-refractivity contribution < 1.29 is 13.2 Å². The number of benzene rings is 2. The summed E-state index contributed by atoms with van der Waals surface area (Å²) in [6.45, 7) is 0. The molecule has 111 valence electrons. The first-order chi connectivity index (χ1) is 10.3. The lowest BCUT2D eigenvalue weighted by Gasteiger charge is -2.10. The van der Waals surface area contributed by atoms with Gasteiger partial charge in [0.25, 0.3) is 5.56 Å². The zero-order valence-electron chi connectivity index (χ0n) is 11.0. The quantitative estimate of drug-likeness (QED) is 0.694. The Morgan fingerprint density at radius 3 is 2.41 bits per heavy atom. The molecule has 0 aliphatic heterocycles.